The number of aliphatic hydroxyl groups is 1. The summed E-state index contributed by atoms with van der Waals surface area (Å²) in [5.74, 6) is 7.49. The predicted octanol–water partition coefficient (Wildman–Crippen LogP) is 2.23. The van der Waals surface area contributed by atoms with Gasteiger partial charge in [-0.25, -0.2) is 0 Å². The van der Waals surface area contributed by atoms with Gasteiger partial charge >= 0.3 is 0 Å². The maximum Gasteiger partial charge on any atom is 0.126 e. The average Bonchev–Trinajstić information content (AvgIpc) is 2.41. The van der Waals surface area contributed by atoms with Crippen LogP contribution in [0.5, 0.6) is 0 Å². The van der Waals surface area contributed by atoms with E-state index in [1.807, 2.05) is 18.2 Å². The summed E-state index contributed by atoms with van der Waals surface area (Å²) in [6, 6.07) is 9.06. The maximum absolute atomic E-state index is 11.3. The molecule has 1 radical (unpaired) electrons. The predicted molar refractivity (Wildman–Crippen MR) is 78.3 cm³/mol. The first-order valence-electron chi connectivity index (χ1n) is 6.61. The molecule has 1 fully saturated rings. The number of hydrogen-bond acceptors (Lipinski definition) is 2. The summed E-state index contributed by atoms with van der Waals surface area (Å²) in [4.78, 5) is 0. The first-order valence-corrected chi connectivity index (χ1v) is 8.09. The van der Waals surface area contributed by atoms with Crippen LogP contribution < -0.4 is 0 Å². The fourth-order valence-electron chi connectivity index (χ4n) is 1.98. The summed E-state index contributed by atoms with van der Waals surface area (Å²) in [6.45, 7) is 4.25. The van der Waals surface area contributed by atoms with E-state index in [1.54, 1.807) is 0 Å². The van der Waals surface area contributed by atoms with Crippen LogP contribution in [0, 0.1) is 17.9 Å². The van der Waals surface area contributed by atoms with Crippen LogP contribution in [-0.2, 0) is 43.5 Å². The Kier molecular flexibility index (Phi) is 7.08. The maximum atomic E-state index is 11.3. The molecule has 0 aromatic heterocycles. The first-order chi connectivity index (χ1) is 8.98. The van der Waals surface area contributed by atoms with Gasteiger partial charge in [-0.1, -0.05) is 25.3 Å². The Morgan fingerprint density at radius 2 is 2.00 bits per heavy atom. The largest absolute Gasteiger partial charge is 0.378 e. The summed E-state index contributed by atoms with van der Waals surface area (Å²) in [7, 11) is -0.777. The molecule has 1 heterocycles. The molecule has 1 saturated heterocycles. The smallest absolute Gasteiger partial charge is 0.126 e. The molecule has 0 aliphatic carbocycles. The van der Waals surface area contributed by atoms with E-state index in [-0.39, 0.29) is 32.7 Å². The SMILES string of the molecule is CC(C)c1[c-]cc(C#CC2(O)CCS(=O)CC2)cc1.[Y]. The third-order valence-electron chi connectivity index (χ3n) is 3.38. The molecular formula is C16H19O2SY-. The molecular weight excluding hydrogens is 345 g/mol. The van der Waals surface area contributed by atoms with Crippen LogP contribution >= 0.6 is 0 Å². The minimum absolute atomic E-state index is 0. The Morgan fingerprint density at radius 1 is 1.35 bits per heavy atom. The normalized spacial score (nSPS) is 25.5. The van der Waals surface area contributed by atoms with Crippen molar-refractivity contribution >= 4 is 10.8 Å². The van der Waals surface area contributed by atoms with E-state index in [0.717, 1.165) is 11.1 Å². The van der Waals surface area contributed by atoms with Gasteiger partial charge in [0.25, 0.3) is 0 Å². The molecule has 1 aromatic rings. The van der Waals surface area contributed by atoms with Crippen molar-refractivity contribution < 1.29 is 42.0 Å². The molecule has 2 nitrogen and oxygen atoms in total. The van der Waals surface area contributed by atoms with E-state index in [9.17, 15) is 9.32 Å². The Bertz CT molecular complexity index is 516. The number of benzene rings is 1. The van der Waals surface area contributed by atoms with Gasteiger partial charge in [-0.05, 0) is 18.8 Å². The minimum atomic E-state index is -0.968. The van der Waals surface area contributed by atoms with Crippen LogP contribution in [0.3, 0.4) is 0 Å². The number of rotatable bonds is 1. The molecule has 0 saturated carbocycles. The van der Waals surface area contributed by atoms with Crippen LogP contribution in [0.25, 0.3) is 0 Å². The summed E-state index contributed by atoms with van der Waals surface area (Å²) >= 11 is 0. The number of hydrogen-bond donors (Lipinski definition) is 1. The topological polar surface area (TPSA) is 37.3 Å². The van der Waals surface area contributed by atoms with Crippen molar-refractivity contribution in [2.45, 2.75) is 38.2 Å². The zero-order valence-electron chi connectivity index (χ0n) is 12.0. The minimum Gasteiger partial charge on any atom is -0.378 e. The standard InChI is InChI=1S/C16H19O2S.Y/c1-13(2)15-5-3-14(4-6-15)7-8-16(17)9-11-19(18)12-10-16;/h3-5,13,17H,9-12H2,1-2H3;/q-1;. The van der Waals surface area contributed by atoms with Gasteiger partial charge in [-0.2, -0.15) is 29.8 Å². The van der Waals surface area contributed by atoms with Crippen LogP contribution in [0.4, 0.5) is 0 Å². The fourth-order valence-corrected chi connectivity index (χ4v) is 3.31. The van der Waals surface area contributed by atoms with Crippen molar-refractivity contribution in [3.63, 3.8) is 0 Å². The second-order valence-electron chi connectivity index (χ2n) is 5.32. The van der Waals surface area contributed by atoms with E-state index in [0.29, 0.717) is 30.3 Å². The molecule has 4 heteroatoms. The van der Waals surface area contributed by atoms with Crippen molar-refractivity contribution in [2.24, 2.45) is 0 Å². The van der Waals surface area contributed by atoms with Crippen molar-refractivity contribution in [1.29, 1.82) is 0 Å². The Morgan fingerprint density at radius 3 is 2.50 bits per heavy atom. The molecule has 0 spiro atoms. The fraction of sp³-hybridized carbons (Fsp3) is 0.500. The van der Waals surface area contributed by atoms with Gasteiger partial charge in [0, 0.05) is 55.0 Å². The second kappa shape index (κ2) is 7.85. The van der Waals surface area contributed by atoms with Gasteiger partial charge in [0.2, 0.25) is 0 Å². The van der Waals surface area contributed by atoms with Gasteiger partial charge in [-0.3, -0.25) is 4.21 Å². The second-order valence-corrected chi connectivity index (χ2v) is 7.01. The van der Waals surface area contributed by atoms with Crippen molar-refractivity contribution in [2.75, 3.05) is 11.5 Å². The van der Waals surface area contributed by atoms with E-state index in [1.165, 1.54) is 0 Å². The van der Waals surface area contributed by atoms with Crippen LogP contribution in [0.1, 0.15) is 43.7 Å². The van der Waals surface area contributed by atoms with Crippen LogP contribution in [0.2, 0.25) is 0 Å². The van der Waals surface area contributed by atoms with Gasteiger partial charge in [-0.15, -0.1) is 5.92 Å². The van der Waals surface area contributed by atoms with Crippen molar-refractivity contribution in [1.82, 2.24) is 0 Å². The molecule has 0 unspecified atom stereocenters. The van der Waals surface area contributed by atoms with Gasteiger partial charge in [0.15, 0.2) is 0 Å². The quantitative estimate of drug-likeness (QED) is 0.613. The molecule has 1 aliphatic rings. The molecule has 0 atom stereocenters. The summed E-state index contributed by atoms with van der Waals surface area (Å²) in [6.07, 6.45) is 1.00. The average molecular weight is 364 g/mol. The molecule has 1 aromatic carbocycles. The van der Waals surface area contributed by atoms with Crippen LogP contribution in [-0.4, -0.2) is 26.4 Å². The van der Waals surface area contributed by atoms with E-state index < -0.39 is 16.4 Å². The van der Waals surface area contributed by atoms with Crippen molar-refractivity contribution in [3.05, 3.63) is 35.4 Å². The summed E-state index contributed by atoms with van der Waals surface area (Å²) < 4.78 is 11.3. The monoisotopic (exact) mass is 364 g/mol. The Hall–Kier alpha value is -0.00610. The third kappa shape index (κ3) is 5.08. The molecule has 0 bridgehead atoms. The third-order valence-corrected chi connectivity index (χ3v) is 4.70. The van der Waals surface area contributed by atoms with Crippen LogP contribution in [0.15, 0.2) is 18.2 Å². The molecule has 1 aliphatic heterocycles. The molecule has 1 N–H and O–H groups in total. The van der Waals surface area contributed by atoms with Gasteiger partial charge in [0.05, 0.1) is 0 Å². The Balaban J connectivity index is 0.00000200. The molecule has 2 rings (SSSR count). The molecule has 105 valence electrons. The van der Waals surface area contributed by atoms with Gasteiger partial charge in [0.1, 0.15) is 5.60 Å². The van der Waals surface area contributed by atoms with E-state index in [2.05, 4.69) is 31.8 Å². The zero-order chi connectivity index (χ0) is 13.9. The van der Waals surface area contributed by atoms with Crippen molar-refractivity contribution in [3.8, 4) is 11.8 Å². The molecule has 20 heavy (non-hydrogen) atoms. The summed E-state index contributed by atoms with van der Waals surface area (Å²) in [5.41, 5.74) is 1.06. The Labute approximate surface area is 149 Å². The van der Waals surface area contributed by atoms with Gasteiger partial charge < -0.3 is 5.11 Å². The van der Waals surface area contributed by atoms with E-state index in [4.69, 9.17) is 0 Å². The molecule has 0 amide bonds. The van der Waals surface area contributed by atoms with E-state index >= 15 is 0 Å². The zero-order valence-corrected chi connectivity index (χ0v) is 15.6. The first kappa shape index (κ1) is 18.0. The summed E-state index contributed by atoms with van der Waals surface area (Å²) in [5, 5.41) is 10.3.